The van der Waals surface area contributed by atoms with E-state index >= 15 is 0 Å². The molecule has 0 radical (unpaired) electrons. The van der Waals surface area contributed by atoms with Crippen LogP contribution < -0.4 is 10.1 Å². The summed E-state index contributed by atoms with van der Waals surface area (Å²) in [6.07, 6.45) is 2.21. The molecule has 1 aromatic rings. The molecule has 0 bridgehead atoms. The van der Waals surface area contributed by atoms with Gasteiger partial charge in [0.05, 0.1) is 0 Å². The summed E-state index contributed by atoms with van der Waals surface area (Å²) in [5.41, 5.74) is 1.31. The Bertz CT molecular complexity index is 460. The molecule has 2 aliphatic rings. The van der Waals surface area contributed by atoms with Crippen LogP contribution in [0.1, 0.15) is 38.3 Å². The Hall–Kier alpha value is -1.06. The first kappa shape index (κ1) is 12.9. The molecule has 1 saturated heterocycles. The molecule has 2 unspecified atom stereocenters. The Kier molecular flexibility index (Phi) is 3.27. The molecule has 3 nitrogen and oxygen atoms in total. The quantitative estimate of drug-likeness (QED) is 0.884. The summed E-state index contributed by atoms with van der Waals surface area (Å²) in [7, 11) is 2.05. The predicted octanol–water partition coefficient (Wildman–Crippen LogP) is 2.58. The van der Waals surface area contributed by atoms with Crippen LogP contribution in [0.2, 0.25) is 0 Å². The highest BCUT2D eigenvalue weighted by Gasteiger charge is 2.45. The van der Waals surface area contributed by atoms with Gasteiger partial charge in [-0.25, -0.2) is 0 Å². The minimum atomic E-state index is 0.00625. The first-order valence-corrected chi connectivity index (χ1v) is 7.33. The zero-order chi connectivity index (χ0) is 13.5. The summed E-state index contributed by atoms with van der Waals surface area (Å²) < 4.78 is 6.41. The molecule has 3 rings (SSSR count). The fourth-order valence-electron chi connectivity index (χ4n) is 3.44. The molecule has 104 valence electrons. The highest BCUT2D eigenvalue weighted by atomic mass is 16.5. The predicted molar refractivity (Wildman–Crippen MR) is 77.5 cm³/mol. The van der Waals surface area contributed by atoms with Gasteiger partial charge in [0.1, 0.15) is 11.4 Å². The van der Waals surface area contributed by atoms with E-state index in [2.05, 4.69) is 55.4 Å². The lowest BCUT2D eigenvalue weighted by Gasteiger charge is -2.40. The molecule has 0 aromatic heterocycles. The molecule has 1 spiro atoms. The van der Waals surface area contributed by atoms with Gasteiger partial charge in [-0.3, -0.25) is 4.90 Å². The molecule has 2 heterocycles. The van der Waals surface area contributed by atoms with Gasteiger partial charge in [-0.1, -0.05) is 18.2 Å². The Morgan fingerprint density at radius 2 is 2.16 bits per heavy atom. The number of nitrogens with one attached hydrogen (secondary N) is 1. The number of likely N-dealkylation sites (tertiary alicyclic amines) is 1. The highest BCUT2D eigenvalue weighted by Crippen LogP contribution is 2.43. The summed E-state index contributed by atoms with van der Waals surface area (Å²) >= 11 is 0. The van der Waals surface area contributed by atoms with Gasteiger partial charge in [0.2, 0.25) is 0 Å². The van der Waals surface area contributed by atoms with Crippen molar-refractivity contribution >= 4 is 0 Å². The third-order valence-corrected chi connectivity index (χ3v) is 4.62. The number of ether oxygens (including phenoxy) is 1. The minimum absolute atomic E-state index is 0.00625. The maximum atomic E-state index is 6.41. The normalized spacial score (nSPS) is 30.6. The summed E-state index contributed by atoms with van der Waals surface area (Å²) in [5, 5.41) is 3.46. The summed E-state index contributed by atoms with van der Waals surface area (Å²) in [6.45, 7) is 6.74. The minimum Gasteiger partial charge on any atom is -0.485 e. The molecule has 1 aromatic carbocycles. The van der Waals surface area contributed by atoms with E-state index in [1.165, 1.54) is 5.56 Å². The van der Waals surface area contributed by atoms with Crippen LogP contribution in [0.4, 0.5) is 0 Å². The van der Waals surface area contributed by atoms with Crippen LogP contribution in [-0.2, 0) is 0 Å². The van der Waals surface area contributed by atoms with E-state index in [1.807, 2.05) is 0 Å². The van der Waals surface area contributed by atoms with Crippen LogP contribution in [0.15, 0.2) is 24.3 Å². The van der Waals surface area contributed by atoms with Crippen molar-refractivity contribution in [3.8, 4) is 5.75 Å². The molecule has 0 aliphatic carbocycles. The van der Waals surface area contributed by atoms with E-state index in [1.54, 1.807) is 0 Å². The lowest BCUT2D eigenvalue weighted by atomic mass is 9.86. The fourth-order valence-corrected chi connectivity index (χ4v) is 3.44. The van der Waals surface area contributed by atoms with Gasteiger partial charge in [-0.05, 0) is 27.0 Å². The summed E-state index contributed by atoms with van der Waals surface area (Å²) in [6, 6.07) is 9.47. The third kappa shape index (κ3) is 2.26. The van der Waals surface area contributed by atoms with E-state index in [-0.39, 0.29) is 5.60 Å². The van der Waals surface area contributed by atoms with Crippen molar-refractivity contribution in [3.63, 3.8) is 0 Å². The van der Waals surface area contributed by atoms with E-state index < -0.39 is 0 Å². The molecule has 2 atom stereocenters. The van der Waals surface area contributed by atoms with Gasteiger partial charge >= 0.3 is 0 Å². The standard InChI is InChI=1S/C16H24N2O/c1-12(2)18-9-8-16(11-18)10-14(17-3)13-6-4-5-7-15(13)19-16/h4-7,12,14,17H,8-11H2,1-3H3. The second-order valence-electron chi connectivity index (χ2n) is 6.18. The molecule has 0 saturated carbocycles. The van der Waals surface area contributed by atoms with Crippen LogP contribution in [0.5, 0.6) is 5.75 Å². The third-order valence-electron chi connectivity index (χ3n) is 4.62. The maximum Gasteiger partial charge on any atom is 0.125 e. The Morgan fingerprint density at radius 1 is 1.37 bits per heavy atom. The molecule has 2 aliphatic heterocycles. The lowest BCUT2D eigenvalue weighted by Crippen LogP contribution is -2.46. The van der Waals surface area contributed by atoms with Gasteiger partial charge in [0, 0.05) is 43.6 Å². The number of para-hydroxylation sites is 1. The van der Waals surface area contributed by atoms with Crippen molar-refractivity contribution in [2.75, 3.05) is 20.1 Å². The Balaban J connectivity index is 1.88. The van der Waals surface area contributed by atoms with Crippen LogP contribution >= 0.6 is 0 Å². The smallest absolute Gasteiger partial charge is 0.125 e. The van der Waals surface area contributed by atoms with Crippen molar-refractivity contribution in [3.05, 3.63) is 29.8 Å². The van der Waals surface area contributed by atoms with E-state index in [0.29, 0.717) is 12.1 Å². The van der Waals surface area contributed by atoms with Gasteiger partial charge in [-0.15, -0.1) is 0 Å². The van der Waals surface area contributed by atoms with Crippen LogP contribution in [0.3, 0.4) is 0 Å². The Labute approximate surface area is 115 Å². The molecule has 1 N–H and O–H groups in total. The van der Waals surface area contributed by atoms with Gasteiger partial charge in [0.25, 0.3) is 0 Å². The number of fused-ring (bicyclic) bond motifs is 1. The average molecular weight is 260 g/mol. The molecule has 0 amide bonds. The summed E-state index contributed by atoms with van der Waals surface area (Å²) in [5.74, 6) is 1.07. The maximum absolute atomic E-state index is 6.41. The van der Waals surface area contributed by atoms with Crippen LogP contribution in [0, 0.1) is 0 Å². The fraction of sp³-hybridized carbons (Fsp3) is 0.625. The van der Waals surface area contributed by atoms with E-state index in [4.69, 9.17) is 4.74 Å². The van der Waals surface area contributed by atoms with Crippen molar-refractivity contribution in [2.24, 2.45) is 0 Å². The number of nitrogens with zero attached hydrogens (tertiary/aromatic N) is 1. The average Bonchev–Trinajstić information content (AvgIpc) is 2.81. The van der Waals surface area contributed by atoms with E-state index in [9.17, 15) is 0 Å². The number of benzene rings is 1. The first-order chi connectivity index (χ1) is 9.13. The molecular weight excluding hydrogens is 236 g/mol. The molecule has 1 fully saturated rings. The van der Waals surface area contributed by atoms with Crippen molar-refractivity contribution in [2.45, 2.75) is 44.4 Å². The van der Waals surface area contributed by atoms with Crippen molar-refractivity contribution < 1.29 is 4.74 Å². The number of hydrogen-bond donors (Lipinski definition) is 1. The number of hydrogen-bond acceptors (Lipinski definition) is 3. The lowest BCUT2D eigenvalue weighted by molar-refractivity contribution is 0.0365. The SMILES string of the molecule is CNC1CC2(CCN(C(C)C)C2)Oc2ccccc21. The summed E-state index contributed by atoms with van der Waals surface area (Å²) in [4.78, 5) is 2.53. The van der Waals surface area contributed by atoms with Gasteiger partial charge < -0.3 is 10.1 Å². The van der Waals surface area contributed by atoms with Crippen molar-refractivity contribution in [1.29, 1.82) is 0 Å². The molecule has 3 heteroatoms. The van der Waals surface area contributed by atoms with E-state index in [0.717, 1.165) is 31.7 Å². The van der Waals surface area contributed by atoms with Crippen LogP contribution in [0.25, 0.3) is 0 Å². The number of rotatable bonds is 2. The zero-order valence-electron chi connectivity index (χ0n) is 12.1. The monoisotopic (exact) mass is 260 g/mol. The largest absolute Gasteiger partial charge is 0.485 e. The Morgan fingerprint density at radius 3 is 2.84 bits per heavy atom. The molecule has 19 heavy (non-hydrogen) atoms. The topological polar surface area (TPSA) is 24.5 Å². The second-order valence-corrected chi connectivity index (χ2v) is 6.18. The highest BCUT2D eigenvalue weighted by molar-refractivity contribution is 5.39. The van der Waals surface area contributed by atoms with Crippen molar-refractivity contribution in [1.82, 2.24) is 10.2 Å². The van der Waals surface area contributed by atoms with Crippen LogP contribution in [-0.4, -0.2) is 36.7 Å². The first-order valence-electron chi connectivity index (χ1n) is 7.33. The molecular formula is C16H24N2O. The van der Waals surface area contributed by atoms with Gasteiger partial charge in [0.15, 0.2) is 0 Å². The van der Waals surface area contributed by atoms with Gasteiger partial charge in [-0.2, -0.15) is 0 Å². The second kappa shape index (κ2) is 4.80. The zero-order valence-corrected chi connectivity index (χ0v) is 12.1.